The molecular weight excluding hydrogens is 221 g/mol. The number of rotatable bonds is 3. The fraction of sp³-hybridized carbons (Fsp3) is 0.0769. The van der Waals surface area contributed by atoms with E-state index in [1.807, 2.05) is 0 Å². The summed E-state index contributed by atoms with van der Waals surface area (Å²) in [5.74, 6) is -0.505. The third-order valence-corrected chi connectivity index (χ3v) is 2.30. The summed E-state index contributed by atoms with van der Waals surface area (Å²) in [6, 6.07) is 8.80. The van der Waals surface area contributed by atoms with Crippen molar-refractivity contribution >= 4 is 5.78 Å². The number of carbonyl (C=O) groups excluding carboxylic acids is 1. The molecule has 2 aromatic rings. The Hall–Kier alpha value is -2.23. The number of pyridine rings is 1. The Morgan fingerprint density at radius 2 is 2.12 bits per heavy atom. The topological polar surface area (TPSA) is 39.2 Å². The Morgan fingerprint density at radius 1 is 1.29 bits per heavy atom. The molecule has 0 fully saturated rings. The number of hydrogen-bond donors (Lipinski definition) is 0. The van der Waals surface area contributed by atoms with E-state index in [9.17, 15) is 9.18 Å². The van der Waals surface area contributed by atoms with Crippen LogP contribution in [0.1, 0.15) is 16.1 Å². The molecule has 2 rings (SSSR count). The van der Waals surface area contributed by atoms with E-state index in [2.05, 4.69) is 4.98 Å². The van der Waals surface area contributed by atoms with Gasteiger partial charge in [0.1, 0.15) is 17.3 Å². The van der Waals surface area contributed by atoms with Crippen LogP contribution in [0.2, 0.25) is 0 Å². The van der Waals surface area contributed by atoms with Crippen LogP contribution in [-0.2, 0) is 0 Å². The van der Waals surface area contributed by atoms with Crippen molar-refractivity contribution in [3.05, 3.63) is 59.7 Å². The lowest BCUT2D eigenvalue weighted by Crippen LogP contribution is -2.06. The molecule has 0 aliphatic heterocycles. The van der Waals surface area contributed by atoms with Crippen LogP contribution in [0.3, 0.4) is 0 Å². The van der Waals surface area contributed by atoms with Crippen molar-refractivity contribution in [2.75, 3.05) is 7.11 Å². The third kappa shape index (κ3) is 2.30. The van der Waals surface area contributed by atoms with Gasteiger partial charge in [0.2, 0.25) is 5.78 Å². The molecule has 1 heterocycles. The van der Waals surface area contributed by atoms with E-state index in [0.29, 0.717) is 5.75 Å². The first-order valence-corrected chi connectivity index (χ1v) is 5.01. The van der Waals surface area contributed by atoms with E-state index >= 15 is 0 Å². The summed E-state index contributed by atoms with van der Waals surface area (Å²) in [6.45, 7) is 0. The molecule has 1 aromatic heterocycles. The number of aromatic nitrogens is 1. The maximum absolute atomic E-state index is 13.1. The predicted molar refractivity (Wildman–Crippen MR) is 60.6 cm³/mol. The minimum absolute atomic E-state index is 0.172. The molecule has 4 heteroatoms. The Bertz CT molecular complexity index is 540. The Balaban J connectivity index is 2.47. The highest BCUT2D eigenvalue weighted by Crippen LogP contribution is 2.21. The normalized spacial score (nSPS) is 10.0. The minimum Gasteiger partial charge on any atom is -0.496 e. The van der Waals surface area contributed by atoms with Gasteiger partial charge in [-0.25, -0.2) is 4.39 Å². The Kier molecular flexibility index (Phi) is 3.14. The largest absolute Gasteiger partial charge is 0.496 e. The molecule has 86 valence electrons. The highest BCUT2D eigenvalue weighted by atomic mass is 19.1. The van der Waals surface area contributed by atoms with Crippen molar-refractivity contribution in [2.45, 2.75) is 0 Å². The number of hydrogen-bond acceptors (Lipinski definition) is 3. The minimum atomic E-state index is -0.481. The van der Waals surface area contributed by atoms with E-state index in [1.54, 1.807) is 18.2 Å². The van der Waals surface area contributed by atoms with Gasteiger partial charge in [0.25, 0.3) is 0 Å². The predicted octanol–water partition coefficient (Wildman–Crippen LogP) is 2.46. The number of methoxy groups -OCH3 is 1. The van der Waals surface area contributed by atoms with Crippen molar-refractivity contribution in [1.82, 2.24) is 4.98 Å². The van der Waals surface area contributed by atoms with E-state index < -0.39 is 5.82 Å². The number of ketones is 1. The van der Waals surface area contributed by atoms with Crippen LogP contribution in [0.4, 0.5) is 4.39 Å². The molecule has 1 aromatic carbocycles. The molecule has 17 heavy (non-hydrogen) atoms. The Labute approximate surface area is 97.9 Å². The van der Waals surface area contributed by atoms with Crippen molar-refractivity contribution in [1.29, 1.82) is 0 Å². The molecule has 0 saturated heterocycles. The molecule has 0 unspecified atom stereocenters. The second kappa shape index (κ2) is 4.74. The van der Waals surface area contributed by atoms with Crippen molar-refractivity contribution in [3.63, 3.8) is 0 Å². The molecule has 0 aliphatic carbocycles. The molecule has 3 nitrogen and oxygen atoms in total. The van der Waals surface area contributed by atoms with Crippen LogP contribution in [0.15, 0.2) is 42.6 Å². The van der Waals surface area contributed by atoms with Crippen LogP contribution >= 0.6 is 0 Å². The van der Waals surface area contributed by atoms with Crippen LogP contribution < -0.4 is 4.74 Å². The van der Waals surface area contributed by atoms with Gasteiger partial charge in [0.15, 0.2) is 0 Å². The average molecular weight is 231 g/mol. The summed E-state index contributed by atoms with van der Waals surface area (Å²) < 4.78 is 18.2. The van der Waals surface area contributed by atoms with Gasteiger partial charge in [-0.05, 0) is 30.3 Å². The zero-order valence-corrected chi connectivity index (χ0v) is 9.18. The van der Waals surface area contributed by atoms with Crippen molar-refractivity contribution in [3.8, 4) is 5.75 Å². The third-order valence-electron chi connectivity index (χ3n) is 2.30. The first-order chi connectivity index (χ1) is 8.22. The molecule has 0 radical (unpaired) electrons. The quantitative estimate of drug-likeness (QED) is 0.762. The molecule has 0 aliphatic rings. The molecule has 0 atom stereocenters. The molecule has 0 bridgehead atoms. The van der Waals surface area contributed by atoms with Gasteiger partial charge in [-0.15, -0.1) is 0 Å². The summed E-state index contributed by atoms with van der Waals surface area (Å²) in [5, 5.41) is 0. The van der Waals surface area contributed by atoms with Crippen LogP contribution in [0, 0.1) is 5.82 Å². The summed E-state index contributed by atoms with van der Waals surface area (Å²) in [4.78, 5) is 16.0. The van der Waals surface area contributed by atoms with Gasteiger partial charge in [0.05, 0.1) is 12.7 Å². The lowest BCUT2D eigenvalue weighted by molar-refractivity contribution is 0.103. The van der Waals surface area contributed by atoms with Crippen LogP contribution in [-0.4, -0.2) is 17.9 Å². The average Bonchev–Trinajstić information content (AvgIpc) is 2.39. The molecule has 0 N–H and O–H groups in total. The summed E-state index contributed by atoms with van der Waals surface area (Å²) in [6.07, 6.45) is 1.51. The Morgan fingerprint density at radius 3 is 2.76 bits per heavy atom. The van der Waals surface area contributed by atoms with E-state index in [1.165, 1.54) is 25.4 Å². The van der Waals surface area contributed by atoms with Crippen molar-refractivity contribution < 1.29 is 13.9 Å². The van der Waals surface area contributed by atoms with Gasteiger partial charge in [-0.3, -0.25) is 9.78 Å². The monoisotopic (exact) mass is 231 g/mol. The van der Waals surface area contributed by atoms with Crippen molar-refractivity contribution in [2.24, 2.45) is 0 Å². The summed E-state index contributed by atoms with van der Waals surface area (Å²) in [5.41, 5.74) is 0.433. The highest BCUT2D eigenvalue weighted by Gasteiger charge is 2.16. The summed E-state index contributed by atoms with van der Waals surface area (Å²) >= 11 is 0. The van der Waals surface area contributed by atoms with Crippen LogP contribution in [0.5, 0.6) is 5.75 Å². The van der Waals surface area contributed by atoms with Gasteiger partial charge in [0, 0.05) is 6.20 Å². The molecule has 0 saturated carbocycles. The van der Waals surface area contributed by atoms with Gasteiger partial charge >= 0.3 is 0 Å². The second-order valence-corrected chi connectivity index (χ2v) is 3.39. The van der Waals surface area contributed by atoms with E-state index in [4.69, 9.17) is 4.74 Å². The standard InChI is InChI=1S/C13H10FNO2/c1-17-12-6-5-9(14)8-10(12)13(16)11-4-2-3-7-15-11/h2-8H,1H3. The zero-order chi connectivity index (χ0) is 12.3. The highest BCUT2D eigenvalue weighted by molar-refractivity contribution is 6.09. The fourth-order valence-corrected chi connectivity index (χ4v) is 1.49. The zero-order valence-electron chi connectivity index (χ0n) is 9.18. The molecular formula is C13H10FNO2. The van der Waals surface area contributed by atoms with Gasteiger partial charge < -0.3 is 4.74 Å². The number of halogens is 1. The SMILES string of the molecule is COc1ccc(F)cc1C(=O)c1ccccn1. The first-order valence-electron chi connectivity index (χ1n) is 5.01. The van der Waals surface area contributed by atoms with Gasteiger partial charge in [-0.2, -0.15) is 0 Å². The maximum atomic E-state index is 13.1. The number of carbonyl (C=O) groups is 1. The number of nitrogens with zero attached hydrogens (tertiary/aromatic N) is 1. The smallest absolute Gasteiger partial charge is 0.215 e. The number of benzene rings is 1. The van der Waals surface area contributed by atoms with Gasteiger partial charge in [-0.1, -0.05) is 6.07 Å². The van der Waals surface area contributed by atoms with E-state index in [-0.39, 0.29) is 17.0 Å². The lowest BCUT2D eigenvalue weighted by Gasteiger charge is -2.06. The molecule has 0 amide bonds. The van der Waals surface area contributed by atoms with E-state index in [0.717, 1.165) is 6.07 Å². The second-order valence-electron chi connectivity index (χ2n) is 3.39. The van der Waals surface area contributed by atoms with Crippen LogP contribution in [0.25, 0.3) is 0 Å². The number of ether oxygens (including phenoxy) is 1. The fourth-order valence-electron chi connectivity index (χ4n) is 1.49. The molecule has 0 spiro atoms. The maximum Gasteiger partial charge on any atom is 0.215 e. The first kappa shape index (κ1) is 11.3. The lowest BCUT2D eigenvalue weighted by atomic mass is 10.1. The summed E-state index contributed by atoms with van der Waals surface area (Å²) in [7, 11) is 1.43.